The number of carbonyl (C=O) groups is 2. The van der Waals surface area contributed by atoms with Crippen molar-refractivity contribution in [1.82, 2.24) is 10.0 Å². The van der Waals surface area contributed by atoms with E-state index in [4.69, 9.17) is 0 Å². The molecule has 2 aromatic rings. The first-order chi connectivity index (χ1) is 13.5. The Bertz CT molecular complexity index is 1020. The highest BCUT2D eigenvalue weighted by atomic mass is 32.2. The zero-order chi connectivity index (χ0) is 21.8. The molecule has 7 nitrogen and oxygen atoms in total. The third-order valence-electron chi connectivity index (χ3n) is 4.45. The molecule has 0 spiro atoms. The Kier molecular flexibility index (Phi) is 7.16. The van der Waals surface area contributed by atoms with Crippen molar-refractivity contribution >= 4 is 27.5 Å². The standard InChI is InChI=1S/C21H27N3O4S/c1-6-23-29(27,28)17-8-7-14(3)18(11-17)21(26)22-12-19(25)24-20-15(4)9-13(2)10-16(20)5/h7-11,23H,6,12H2,1-5H3,(H,22,26)(H,24,25). The van der Waals surface area contributed by atoms with Gasteiger partial charge in [0.25, 0.3) is 5.91 Å². The van der Waals surface area contributed by atoms with Crippen LogP contribution in [0.2, 0.25) is 0 Å². The lowest BCUT2D eigenvalue weighted by Gasteiger charge is -2.14. The SMILES string of the molecule is CCNS(=O)(=O)c1ccc(C)c(C(=O)NCC(=O)Nc2c(C)cc(C)cc2C)c1. The third kappa shape index (κ3) is 5.65. The van der Waals surface area contributed by atoms with Gasteiger partial charge in [-0.25, -0.2) is 13.1 Å². The Morgan fingerprint density at radius 1 is 0.931 bits per heavy atom. The van der Waals surface area contributed by atoms with Crippen LogP contribution < -0.4 is 15.4 Å². The summed E-state index contributed by atoms with van der Waals surface area (Å²) in [7, 11) is -3.68. The van der Waals surface area contributed by atoms with E-state index in [1.807, 2.05) is 32.9 Å². The van der Waals surface area contributed by atoms with E-state index in [0.717, 1.165) is 22.4 Å². The highest BCUT2D eigenvalue weighted by Gasteiger charge is 2.18. The average molecular weight is 418 g/mol. The fraction of sp³-hybridized carbons (Fsp3) is 0.333. The quantitative estimate of drug-likeness (QED) is 0.644. The molecule has 156 valence electrons. The number of hydrogen-bond donors (Lipinski definition) is 3. The van der Waals surface area contributed by atoms with Crippen LogP contribution in [0, 0.1) is 27.7 Å². The number of rotatable bonds is 7. The number of benzene rings is 2. The normalized spacial score (nSPS) is 11.2. The average Bonchev–Trinajstić information content (AvgIpc) is 2.62. The molecular weight excluding hydrogens is 390 g/mol. The van der Waals surface area contributed by atoms with Crippen molar-refractivity contribution in [2.24, 2.45) is 0 Å². The minimum Gasteiger partial charge on any atom is -0.343 e. The summed E-state index contributed by atoms with van der Waals surface area (Å²) >= 11 is 0. The van der Waals surface area contributed by atoms with Gasteiger partial charge in [-0.3, -0.25) is 9.59 Å². The zero-order valence-electron chi connectivity index (χ0n) is 17.3. The van der Waals surface area contributed by atoms with Gasteiger partial charge in [-0.05, 0) is 56.5 Å². The molecule has 2 amide bonds. The molecule has 8 heteroatoms. The van der Waals surface area contributed by atoms with Crippen LogP contribution in [0.1, 0.15) is 39.5 Å². The van der Waals surface area contributed by atoms with Crippen LogP contribution in [0.3, 0.4) is 0 Å². The summed E-state index contributed by atoms with van der Waals surface area (Å²) in [6.45, 7) is 9.21. The van der Waals surface area contributed by atoms with Gasteiger partial charge >= 0.3 is 0 Å². The summed E-state index contributed by atoms with van der Waals surface area (Å²) in [5.74, 6) is -0.869. The van der Waals surface area contributed by atoms with Crippen LogP contribution in [0.25, 0.3) is 0 Å². The molecule has 0 saturated heterocycles. The Labute approximate surface area is 172 Å². The number of aryl methyl sites for hydroxylation is 4. The number of nitrogens with one attached hydrogen (secondary N) is 3. The molecule has 0 fully saturated rings. The molecule has 2 aromatic carbocycles. The van der Waals surface area contributed by atoms with Crippen LogP contribution in [0.5, 0.6) is 0 Å². The molecule has 0 radical (unpaired) electrons. The predicted molar refractivity (Wildman–Crippen MR) is 114 cm³/mol. The van der Waals surface area contributed by atoms with Gasteiger partial charge < -0.3 is 10.6 Å². The molecule has 2 rings (SSSR count). The molecule has 0 bridgehead atoms. The fourth-order valence-corrected chi connectivity index (χ4v) is 4.17. The summed E-state index contributed by atoms with van der Waals surface area (Å²) in [6.07, 6.45) is 0. The Morgan fingerprint density at radius 2 is 1.55 bits per heavy atom. The van der Waals surface area contributed by atoms with Crippen LogP contribution in [-0.2, 0) is 14.8 Å². The zero-order valence-corrected chi connectivity index (χ0v) is 18.2. The van der Waals surface area contributed by atoms with E-state index in [0.29, 0.717) is 5.56 Å². The van der Waals surface area contributed by atoms with E-state index < -0.39 is 15.9 Å². The first-order valence-electron chi connectivity index (χ1n) is 9.31. The fourth-order valence-electron chi connectivity index (χ4n) is 3.10. The molecule has 0 aliphatic rings. The third-order valence-corrected chi connectivity index (χ3v) is 5.99. The van der Waals surface area contributed by atoms with Crippen molar-refractivity contribution in [3.05, 3.63) is 58.1 Å². The van der Waals surface area contributed by atoms with Crippen molar-refractivity contribution < 1.29 is 18.0 Å². The van der Waals surface area contributed by atoms with E-state index in [1.54, 1.807) is 19.9 Å². The molecular formula is C21H27N3O4S. The minimum absolute atomic E-state index is 0.00505. The lowest BCUT2D eigenvalue weighted by Crippen LogP contribution is -2.33. The van der Waals surface area contributed by atoms with E-state index in [1.165, 1.54) is 12.1 Å². The molecule has 0 aliphatic carbocycles. The lowest BCUT2D eigenvalue weighted by atomic mass is 10.1. The summed E-state index contributed by atoms with van der Waals surface area (Å²) in [5.41, 5.74) is 4.54. The van der Waals surface area contributed by atoms with Crippen LogP contribution >= 0.6 is 0 Å². The van der Waals surface area contributed by atoms with Crippen molar-refractivity contribution in [2.45, 2.75) is 39.5 Å². The monoisotopic (exact) mass is 417 g/mol. The van der Waals surface area contributed by atoms with E-state index in [2.05, 4.69) is 15.4 Å². The van der Waals surface area contributed by atoms with Crippen molar-refractivity contribution in [3.8, 4) is 0 Å². The summed E-state index contributed by atoms with van der Waals surface area (Å²) in [6, 6.07) is 8.27. The van der Waals surface area contributed by atoms with Crippen LogP contribution in [0.15, 0.2) is 35.2 Å². The number of hydrogen-bond acceptors (Lipinski definition) is 4. The number of anilines is 1. The molecule has 0 aliphatic heterocycles. The van der Waals surface area contributed by atoms with Gasteiger partial charge in [-0.15, -0.1) is 0 Å². The van der Waals surface area contributed by atoms with Gasteiger partial charge in [0.15, 0.2) is 0 Å². The van der Waals surface area contributed by atoms with E-state index in [-0.39, 0.29) is 29.5 Å². The second-order valence-electron chi connectivity index (χ2n) is 6.98. The lowest BCUT2D eigenvalue weighted by molar-refractivity contribution is -0.115. The maximum atomic E-state index is 12.5. The summed E-state index contributed by atoms with van der Waals surface area (Å²) in [5, 5.41) is 5.37. The number of carbonyl (C=O) groups excluding carboxylic acids is 2. The first kappa shape index (κ1) is 22.6. The minimum atomic E-state index is -3.68. The van der Waals surface area contributed by atoms with Gasteiger partial charge in [0.2, 0.25) is 15.9 Å². The Morgan fingerprint density at radius 3 is 2.14 bits per heavy atom. The maximum Gasteiger partial charge on any atom is 0.252 e. The van der Waals surface area contributed by atoms with E-state index >= 15 is 0 Å². The summed E-state index contributed by atoms with van der Waals surface area (Å²) in [4.78, 5) is 24.8. The number of sulfonamides is 1. The Hall–Kier alpha value is -2.71. The van der Waals surface area contributed by atoms with Crippen LogP contribution in [0.4, 0.5) is 5.69 Å². The Balaban J connectivity index is 2.10. The highest BCUT2D eigenvalue weighted by molar-refractivity contribution is 7.89. The van der Waals surface area contributed by atoms with Crippen molar-refractivity contribution in [3.63, 3.8) is 0 Å². The van der Waals surface area contributed by atoms with Crippen molar-refractivity contribution in [2.75, 3.05) is 18.4 Å². The van der Waals surface area contributed by atoms with Gasteiger partial charge in [-0.2, -0.15) is 0 Å². The van der Waals surface area contributed by atoms with Gasteiger partial charge in [0.05, 0.1) is 11.4 Å². The second kappa shape index (κ2) is 9.19. The summed E-state index contributed by atoms with van der Waals surface area (Å²) < 4.78 is 26.7. The number of amides is 2. The molecule has 0 heterocycles. The first-order valence-corrected chi connectivity index (χ1v) is 10.8. The van der Waals surface area contributed by atoms with Gasteiger partial charge in [-0.1, -0.05) is 30.7 Å². The topological polar surface area (TPSA) is 104 Å². The molecule has 0 saturated carbocycles. The second-order valence-corrected chi connectivity index (χ2v) is 8.75. The highest BCUT2D eigenvalue weighted by Crippen LogP contribution is 2.21. The largest absolute Gasteiger partial charge is 0.343 e. The molecule has 0 aromatic heterocycles. The predicted octanol–water partition coefficient (Wildman–Crippen LogP) is 2.59. The van der Waals surface area contributed by atoms with Gasteiger partial charge in [0.1, 0.15) is 0 Å². The van der Waals surface area contributed by atoms with Crippen molar-refractivity contribution in [1.29, 1.82) is 0 Å². The molecule has 0 unspecified atom stereocenters. The smallest absolute Gasteiger partial charge is 0.252 e. The molecule has 3 N–H and O–H groups in total. The molecule has 0 atom stereocenters. The van der Waals surface area contributed by atoms with Crippen LogP contribution in [-0.4, -0.2) is 33.3 Å². The van der Waals surface area contributed by atoms with E-state index in [9.17, 15) is 18.0 Å². The van der Waals surface area contributed by atoms with Gasteiger partial charge in [0, 0.05) is 17.8 Å². The maximum absolute atomic E-state index is 12.5. The molecule has 29 heavy (non-hydrogen) atoms.